The molecule has 6 heteroatoms. The highest BCUT2D eigenvalue weighted by molar-refractivity contribution is 7.89. The molecule has 2 heterocycles. The van der Waals surface area contributed by atoms with Gasteiger partial charge in [-0.15, -0.1) is 11.3 Å². The standard InChI is InChI=1S/C13H22N2O2S2/c1-11(9-13-6-4-8-18-13)15-19(16,17)10-12-5-2-3-7-14-12/h4,6,8,11-12,14-15H,2-3,5,7,9-10H2,1H3. The molecule has 0 aliphatic carbocycles. The molecule has 4 nitrogen and oxygen atoms in total. The molecular weight excluding hydrogens is 280 g/mol. The molecule has 0 radical (unpaired) electrons. The van der Waals surface area contributed by atoms with E-state index in [1.54, 1.807) is 11.3 Å². The molecule has 2 atom stereocenters. The van der Waals surface area contributed by atoms with Crippen molar-refractivity contribution in [2.45, 2.75) is 44.7 Å². The summed E-state index contributed by atoms with van der Waals surface area (Å²) in [6.07, 6.45) is 3.99. The molecule has 1 aromatic heterocycles. The number of sulfonamides is 1. The van der Waals surface area contributed by atoms with Gasteiger partial charge >= 0.3 is 0 Å². The summed E-state index contributed by atoms with van der Waals surface area (Å²) < 4.78 is 27.0. The molecule has 108 valence electrons. The van der Waals surface area contributed by atoms with Crippen molar-refractivity contribution >= 4 is 21.4 Å². The quantitative estimate of drug-likeness (QED) is 0.841. The summed E-state index contributed by atoms with van der Waals surface area (Å²) in [5, 5.41) is 5.29. The van der Waals surface area contributed by atoms with Crippen LogP contribution in [0.25, 0.3) is 0 Å². The molecule has 1 aliphatic heterocycles. The van der Waals surface area contributed by atoms with Crippen LogP contribution in [0.3, 0.4) is 0 Å². The van der Waals surface area contributed by atoms with Crippen LogP contribution >= 0.6 is 11.3 Å². The van der Waals surface area contributed by atoms with E-state index < -0.39 is 10.0 Å². The predicted molar refractivity (Wildman–Crippen MR) is 80.0 cm³/mol. The van der Waals surface area contributed by atoms with Crippen molar-refractivity contribution in [1.29, 1.82) is 0 Å². The van der Waals surface area contributed by atoms with Crippen molar-refractivity contribution in [3.8, 4) is 0 Å². The molecule has 1 saturated heterocycles. The van der Waals surface area contributed by atoms with E-state index in [1.807, 2.05) is 24.4 Å². The van der Waals surface area contributed by atoms with Crippen molar-refractivity contribution in [2.24, 2.45) is 0 Å². The summed E-state index contributed by atoms with van der Waals surface area (Å²) in [5.41, 5.74) is 0. The number of hydrogen-bond acceptors (Lipinski definition) is 4. The summed E-state index contributed by atoms with van der Waals surface area (Å²) in [5.74, 6) is 0.196. The molecule has 0 saturated carbocycles. The van der Waals surface area contributed by atoms with E-state index in [9.17, 15) is 8.42 Å². The molecule has 0 aromatic carbocycles. The van der Waals surface area contributed by atoms with Crippen molar-refractivity contribution in [3.63, 3.8) is 0 Å². The van der Waals surface area contributed by atoms with Crippen LogP contribution in [0.2, 0.25) is 0 Å². The fourth-order valence-electron chi connectivity index (χ4n) is 2.46. The normalized spacial score (nSPS) is 22.3. The maximum Gasteiger partial charge on any atom is 0.213 e. The van der Waals surface area contributed by atoms with Gasteiger partial charge in [0.1, 0.15) is 0 Å². The van der Waals surface area contributed by atoms with Gasteiger partial charge in [-0.3, -0.25) is 0 Å². The number of thiophene rings is 1. The van der Waals surface area contributed by atoms with Gasteiger partial charge in [0.25, 0.3) is 0 Å². The molecule has 19 heavy (non-hydrogen) atoms. The third-order valence-electron chi connectivity index (χ3n) is 3.30. The second-order valence-corrected chi connectivity index (χ2v) is 8.06. The van der Waals surface area contributed by atoms with Crippen LogP contribution < -0.4 is 10.0 Å². The molecule has 2 unspecified atom stereocenters. The molecular formula is C13H22N2O2S2. The van der Waals surface area contributed by atoms with Gasteiger partial charge in [0.2, 0.25) is 10.0 Å². The van der Waals surface area contributed by atoms with Crippen LogP contribution in [-0.4, -0.2) is 32.8 Å². The van der Waals surface area contributed by atoms with Gasteiger partial charge in [0.15, 0.2) is 0 Å². The number of nitrogens with one attached hydrogen (secondary N) is 2. The Balaban J connectivity index is 1.82. The third kappa shape index (κ3) is 5.22. The smallest absolute Gasteiger partial charge is 0.213 e. The van der Waals surface area contributed by atoms with Gasteiger partial charge in [0.05, 0.1) is 5.75 Å². The fraction of sp³-hybridized carbons (Fsp3) is 0.692. The first-order valence-electron chi connectivity index (χ1n) is 6.81. The average molecular weight is 302 g/mol. The monoisotopic (exact) mass is 302 g/mol. The predicted octanol–water partition coefficient (Wildman–Crippen LogP) is 1.74. The largest absolute Gasteiger partial charge is 0.313 e. The van der Waals surface area contributed by atoms with E-state index in [0.29, 0.717) is 0 Å². The lowest BCUT2D eigenvalue weighted by atomic mass is 10.1. The molecule has 0 amide bonds. The van der Waals surface area contributed by atoms with Crippen molar-refractivity contribution in [2.75, 3.05) is 12.3 Å². The van der Waals surface area contributed by atoms with Gasteiger partial charge in [-0.05, 0) is 44.2 Å². The Labute approximate surface area is 119 Å². The maximum atomic E-state index is 12.1. The second-order valence-electron chi connectivity index (χ2n) is 5.23. The molecule has 1 aromatic rings. The van der Waals surface area contributed by atoms with Crippen LogP contribution in [0.5, 0.6) is 0 Å². The van der Waals surface area contributed by atoms with Crippen LogP contribution in [0.4, 0.5) is 0 Å². The zero-order chi connectivity index (χ0) is 13.7. The Morgan fingerprint density at radius 3 is 3.00 bits per heavy atom. The lowest BCUT2D eigenvalue weighted by molar-refractivity contribution is 0.421. The third-order valence-corrected chi connectivity index (χ3v) is 5.80. The Morgan fingerprint density at radius 2 is 2.37 bits per heavy atom. The molecule has 0 bridgehead atoms. The van der Waals surface area contributed by atoms with Crippen LogP contribution in [0.1, 0.15) is 31.1 Å². The maximum absolute atomic E-state index is 12.1. The van der Waals surface area contributed by atoms with E-state index in [0.717, 1.165) is 32.2 Å². The first-order chi connectivity index (χ1) is 9.05. The van der Waals surface area contributed by atoms with Gasteiger partial charge < -0.3 is 5.32 Å². The number of rotatable bonds is 6. The molecule has 2 rings (SSSR count). The van der Waals surface area contributed by atoms with Gasteiger partial charge in [0, 0.05) is 17.0 Å². The zero-order valence-corrected chi connectivity index (χ0v) is 12.9. The Hall–Kier alpha value is -0.430. The highest BCUT2D eigenvalue weighted by Gasteiger charge is 2.22. The van der Waals surface area contributed by atoms with E-state index in [2.05, 4.69) is 10.0 Å². The van der Waals surface area contributed by atoms with E-state index in [4.69, 9.17) is 0 Å². The average Bonchev–Trinajstić information content (AvgIpc) is 2.81. The van der Waals surface area contributed by atoms with Crippen LogP contribution in [-0.2, 0) is 16.4 Å². The topological polar surface area (TPSA) is 58.2 Å². The summed E-state index contributed by atoms with van der Waals surface area (Å²) >= 11 is 1.67. The molecule has 2 N–H and O–H groups in total. The minimum Gasteiger partial charge on any atom is -0.313 e. The van der Waals surface area contributed by atoms with Gasteiger partial charge in [-0.2, -0.15) is 0 Å². The van der Waals surface area contributed by atoms with Crippen molar-refractivity contribution < 1.29 is 8.42 Å². The number of piperidine rings is 1. The minimum atomic E-state index is -3.19. The van der Waals surface area contributed by atoms with Gasteiger partial charge in [-0.25, -0.2) is 13.1 Å². The highest BCUT2D eigenvalue weighted by atomic mass is 32.2. The SMILES string of the molecule is CC(Cc1cccs1)NS(=O)(=O)CC1CCCCN1. The first-order valence-corrected chi connectivity index (χ1v) is 9.34. The second kappa shape index (κ2) is 6.83. The molecule has 1 aliphatic rings. The molecule has 0 spiro atoms. The Kier molecular flexibility index (Phi) is 5.38. The van der Waals surface area contributed by atoms with Gasteiger partial charge in [-0.1, -0.05) is 12.5 Å². The van der Waals surface area contributed by atoms with E-state index >= 15 is 0 Å². The number of hydrogen-bond donors (Lipinski definition) is 2. The minimum absolute atomic E-state index is 0.0489. The fourth-order valence-corrected chi connectivity index (χ4v) is 4.90. The first kappa shape index (κ1) is 15.0. The lowest BCUT2D eigenvalue weighted by Crippen LogP contribution is -2.44. The van der Waals surface area contributed by atoms with Crippen LogP contribution in [0.15, 0.2) is 17.5 Å². The summed E-state index contributed by atoms with van der Waals surface area (Å²) in [7, 11) is -3.19. The van der Waals surface area contributed by atoms with E-state index in [-0.39, 0.29) is 17.8 Å². The summed E-state index contributed by atoms with van der Waals surface area (Å²) in [6.45, 7) is 2.86. The van der Waals surface area contributed by atoms with E-state index in [1.165, 1.54) is 4.88 Å². The van der Waals surface area contributed by atoms with Crippen LogP contribution in [0, 0.1) is 0 Å². The Morgan fingerprint density at radius 1 is 1.53 bits per heavy atom. The Bertz CT molecular complexity index is 465. The molecule has 1 fully saturated rings. The van der Waals surface area contributed by atoms with Crippen molar-refractivity contribution in [1.82, 2.24) is 10.0 Å². The summed E-state index contributed by atoms with van der Waals surface area (Å²) in [4.78, 5) is 1.21. The zero-order valence-electron chi connectivity index (χ0n) is 11.3. The van der Waals surface area contributed by atoms with Crippen molar-refractivity contribution in [3.05, 3.63) is 22.4 Å². The lowest BCUT2D eigenvalue weighted by Gasteiger charge is -2.24. The highest BCUT2D eigenvalue weighted by Crippen LogP contribution is 2.12. The summed E-state index contributed by atoms with van der Waals surface area (Å²) in [6, 6.07) is 4.10.